The molecule has 1 rings (SSSR count). The molecule has 0 amide bonds. The summed E-state index contributed by atoms with van der Waals surface area (Å²) in [5.74, 6) is -3.28. The molecule has 0 spiro atoms. The maximum Gasteiger partial charge on any atom is 0.335 e. The molecule has 1 aliphatic heterocycles. The predicted octanol–water partition coefficient (Wildman–Crippen LogP) is 18.9. The van der Waals surface area contributed by atoms with Gasteiger partial charge in [-0.25, -0.2) is 4.79 Å². The molecule has 0 saturated carbocycles. The number of esters is 3. The number of carboxylic acids is 1. The first-order valence-corrected chi connectivity index (χ1v) is 34.2. The Bertz CT molecular complexity index is 2020. The second-order valence-electron chi connectivity index (χ2n) is 22.7. The van der Waals surface area contributed by atoms with Crippen LogP contribution in [0.1, 0.15) is 265 Å². The van der Waals surface area contributed by atoms with Crippen LogP contribution in [0.2, 0.25) is 0 Å². The lowest BCUT2D eigenvalue weighted by molar-refractivity contribution is -0.301. The van der Waals surface area contributed by atoms with Crippen LogP contribution in [0.25, 0.3) is 0 Å². The molecule has 1 saturated heterocycles. The summed E-state index contributed by atoms with van der Waals surface area (Å²) >= 11 is 0. The Morgan fingerprint density at radius 2 is 0.747 bits per heavy atom. The number of carbonyl (C=O) groups excluding carboxylic acids is 3. The molecule has 1 fully saturated rings. The number of aliphatic hydroxyl groups is 2. The molecule has 6 atom stereocenters. The maximum atomic E-state index is 13.2. The highest BCUT2D eigenvalue weighted by Gasteiger charge is 2.50. The fourth-order valence-electron chi connectivity index (χ4n) is 9.60. The van der Waals surface area contributed by atoms with E-state index < -0.39 is 67.3 Å². The normalized spacial score (nSPS) is 18.2. The Morgan fingerprint density at radius 3 is 1.15 bits per heavy atom. The van der Waals surface area contributed by atoms with Crippen molar-refractivity contribution < 1.29 is 58.2 Å². The predicted molar refractivity (Wildman–Crippen MR) is 358 cm³/mol. The smallest absolute Gasteiger partial charge is 0.335 e. The molecule has 6 unspecified atom stereocenters. The number of aliphatic carboxylic acids is 1. The first kappa shape index (κ1) is 79.9. The van der Waals surface area contributed by atoms with Crippen molar-refractivity contribution in [2.45, 2.75) is 302 Å². The number of carbonyl (C=O) groups is 4. The van der Waals surface area contributed by atoms with Crippen molar-refractivity contribution in [2.24, 2.45) is 0 Å². The van der Waals surface area contributed by atoms with Gasteiger partial charge in [0.05, 0.1) is 6.61 Å². The molecule has 12 heteroatoms. The van der Waals surface area contributed by atoms with E-state index in [9.17, 15) is 34.5 Å². The van der Waals surface area contributed by atoms with Gasteiger partial charge in [-0.1, -0.05) is 276 Å². The van der Waals surface area contributed by atoms with E-state index in [0.717, 1.165) is 109 Å². The van der Waals surface area contributed by atoms with Crippen LogP contribution < -0.4 is 0 Å². The summed E-state index contributed by atoms with van der Waals surface area (Å²) in [4.78, 5) is 51.4. The van der Waals surface area contributed by atoms with Gasteiger partial charge >= 0.3 is 23.9 Å². The quantitative estimate of drug-likeness (QED) is 0.0228. The zero-order valence-electron chi connectivity index (χ0n) is 54.5. The van der Waals surface area contributed by atoms with Gasteiger partial charge in [0.25, 0.3) is 0 Å². The summed E-state index contributed by atoms with van der Waals surface area (Å²) in [6.45, 7) is 5.72. The molecular weight excluding hydrogens is 1090 g/mol. The second-order valence-corrected chi connectivity index (χ2v) is 22.7. The SMILES string of the molecule is CC/C=C\C/C=C\C/C=C\C/C=C\C/C=C\C/C=C\CCC(=O)OCC(COC1OC(C(=O)O)C(O)C(O)C1OC(=O)CCCCC/C=C\C/C=C\C/C=C\C/C=C\C/C=C\CC)OC(=O)CCCCCCCCCCCCCCCCCCCCC. The Kier molecular flexibility index (Phi) is 56.1. The minimum atomic E-state index is -1.93. The van der Waals surface area contributed by atoms with E-state index in [1.54, 1.807) is 0 Å². The number of aliphatic hydroxyl groups excluding tert-OH is 2. The van der Waals surface area contributed by atoms with Crippen molar-refractivity contribution in [3.05, 3.63) is 134 Å². The topological polar surface area (TPSA) is 175 Å². The number of hydrogen-bond donors (Lipinski definition) is 3. The van der Waals surface area contributed by atoms with Crippen molar-refractivity contribution in [1.82, 2.24) is 0 Å². The molecule has 12 nitrogen and oxygen atoms in total. The van der Waals surface area contributed by atoms with Crippen LogP contribution in [-0.2, 0) is 42.9 Å². The molecule has 1 aliphatic rings. The summed E-state index contributed by atoms with van der Waals surface area (Å²) in [5, 5.41) is 31.6. The van der Waals surface area contributed by atoms with Crippen molar-refractivity contribution in [3.8, 4) is 0 Å². The standard InChI is InChI=1S/C75H120O12/c1-4-7-10-13-16-19-22-25-28-31-34-37-40-43-46-49-52-55-58-61-67(76)83-64-66(85-68(77)62-59-56-53-50-47-44-41-38-35-32-29-26-23-20-17-14-11-8-5-2)65-84-75-73(71(80)70(79)72(87-75)74(81)82)86-69(78)63-60-57-54-51-48-45-42-39-36-33-30-27-24-21-18-15-12-9-6-3/h7,9-10,12,16,18-19,21,25,27-28,30,34,36-37,39,43,45-46,48,52,55,66,70-73,75,79-80H,4-6,8,11,13-15,17,20,22-24,26,29,31-33,35,38,40-42,44,47,49-51,53-54,56-65H2,1-3H3,(H,81,82)/b10-7-,12-9-,19-16-,21-18-,28-25-,30-27-,37-34-,39-36-,46-43-,48-45-,55-52-. The number of ether oxygens (including phenoxy) is 5. The van der Waals surface area contributed by atoms with Crippen molar-refractivity contribution >= 4 is 23.9 Å². The van der Waals surface area contributed by atoms with Gasteiger partial charge < -0.3 is 39.0 Å². The van der Waals surface area contributed by atoms with E-state index in [4.69, 9.17) is 23.7 Å². The summed E-state index contributed by atoms with van der Waals surface area (Å²) in [7, 11) is 0. The van der Waals surface area contributed by atoms with Crippen LogP contribution in [0.4, 0.5) is 0 Å². The van der Waals surface area contributed by atoms with E-state index >= 15 is 0 Å². The number of rotatable bonds is 57. The number of allylic oxidation sites excluding steroid dienone is 22. The number of carboxylic acid groups (broad SMARTS) is 1. The minimum absolute atomic E-state index is 0.00823. The highest BCUT2D eigenvalue weighted by atomic mass is 16.7. The van der Waals surface area contributed by atoms with E-state index in [0.29, 0.717) is 19.3 Å². The van der Waals surface area contributed by atoms with Gasteiger partial charge in [-0.15, -0.1) is 0 Å². The zero-order chi connectivity index (χ0) is 63.1. The summed E-state index contributed by atoms with van der Waals surface area (Å²) in [5.41, 5.74) is 0. The molecular formula is C75H120O12. The summed E-state index contributed by atoms with van der Waals surface area (Å²) in [6, 6.07) is 0. The Labute approximate surface area is 528 Å². The van der Waals surface area contributed by atoms with Crippen LogP contribution >= 0.6 is 0 Å². The van der Waals surface area contributed by atoms with E-state index in [-0.39, 0.29) is 25.9 Å². The third-order valence-electron chi connectivity index (χ3n) is 14.7. The number of unbranched alkanes of at least 4 members (excludes halogenated alkanes) is 21. The van der Waals surface area contributed by atoms with Crippen LogP contribution in [0.5, 0.6) is 0 Å². The average Bonchev–Trinajstić information content (AvgIpc) is 2.56. The Balaban J connectivity index is 2.72. The lowest BCUT2D eigenvalue weighted by Crippen LogP contribution is -2.61. The van der Waals surface area contributed by atoms with Gasteiger partial charge in [0, 0.05) is 19.3 Å². The monoisotopic (exact) mass is 1210 g/mol. The third kappa shape index (κ3) is 50.4. The third-order valence-corrected chi connectivity index (χ3v) is 14.7. The number of hydrogen-bond acceptors (Lipinski definition) is 11. The van der Waals surface area contributed by atoms with Gasteiger partial charge in [0.15, 0.2) is 24.6 Å². The first-order valence-electron chi connectivity index (χ1n) is 34.2. The molecule has 0 aromatic carbocycles. The first-order chi connectivity index (χ1) is 42.6. The van der Waals surface area contributed by atoms with Gasteiger partial charge in [-0.05, 0) is 103 Å². The molecule has 492 valence electrons. The van der Waals surface area contributed by atoms with Crippen LogP contribution in [-0.4, -0.2) is 89.2 Å². The van der Waals surface area contributed by atoms with Gasteiger partial charge in [-0.2, -0.15) is 0 Å². The van der Waals surface area contributed by atoms with Gasteiger partial charge in [-0.3, -0.25) is 14.4 Å². The molecule has 0 aliphatic carbocycles. The molecule has 0 aromatic heterocycles. The van der Waals surface area contributed by atoms with E-state index in [1.165, 1.54) is 96.3 Å². The molecule has 0 bridgehead atoms. The Morgan fingerprint density at radius 1 is 0.391 bits per heavy atom. The van der Waals surface area contributed by atoms with Crippen molar-refractivity contribution in [2.75, 3.05) is 13.2 Å². The molecule has 1 heterocycles. The highest BCUT2D eigenvalue weighted by molar-refractivity contribution is 5.74. The molecule has 0 radical (unpaired) electrons. The second kappa shape index (κ2) is 61.1. The van der Waals surface area contributed by atoms with E-state index in [2.05, 4.69) is 142 Å². The molecule has 87 heavy (non-hydrogen) atoms. The summed E-state index contributed by atoms with van der Waals surface area (Å²) in [6.07, 6.45) is 74.2. The average molecular weight is 1210 g/mol. The maximum absolute atomic E-state index is 13.2. The van der Waals surface area contributed by atoms with Gasteiger partial charge in [0.1, 0.15) is 18.8 Å². The zero-order valence-corrected chi connectivity index (χ0v) is 54.5. The Hall–Kier alpha value is -5.14. The van der Waals surface area contributed by atoms with Crippen LogP contribution in [0.15, 0.2) is 134 Å². The lowest BCUT2D eigenvalue weighted by Gasteiger charge is -2.40. The van der Waals surface area contributed by atoms with Crippen LogP contribution in [0.3, 0.4) is 0 Å². The van der Waals surface area contributed by atoms with Crippen LogP contribution in [0, 0.1) is 0 Å². The fourth-order valence-corrected chi connectivity index (χ4v) is 9.60. The van der Waals surface area contributed by atoms with Crippen molar-refractivity contribution in [3.63, 3.8) is 0 Å². The highest BCUT2D eigenvalue weighted by Crippen LogP contribution is 2.26. The minimum Gasteiger partial charge on any atom is -0.479 e. The molecule has 0 aromatic rings. The largest absolute Gasteiger partial charge is 0.479 e. The van der Waals surface area contributed by atoms with Gasteiger partial charge in [0.2, 0.25) is 0 Å². The summed E-state index contributed by atoms with van der Waals surface area (Å²) < 4.78 is 28.5. The fraction of sp³-hybridized carbons (Fsp3) is 0.653. The molecule has 3 N–H and O–H groups in total. The lowest BCUT2D eigenvalue weighted by atomic mass is 9.98. The van der Waals surface area contributed by atoms with Crippen molar-refractivity contribution in [1.29, 1.82) is 0 Å². The van der Waals surface area contributed by atoms with E-state index in [1.807, 2.05) is 12.2 Å².